The number of hydrogen-bond donors (Lipinski definition) is 1. The fraction of sp³-hybridized carbons (Fsp3) is 0.286. The number of rotatable bonds is 5. The lowest BCUT2D eigenvalue weighted by Crippen LogP contribution is -2.06. The molecule has 0 saturated heterocycles. The molecule has 0 fully saturated rings. The van der Waals surface area contributed by atoms with Gasteiger partial charge in [0.15, 0.2) is 0 Å². The Balaban J connectivity index is 1.97. The smallest absolute Gasteiger partial charge is 0.0553 e. The number of aryl methyl sites for hydroxylation is 1. The van der Waals surface area contributed by atoms with Crippen molar-refractivity contribution in [1.82, 2.24) is 4.57 Å². The van der Waals surface area contributed by atoms with Crippen LogP contribution < -0.4 is 5.32 Å². The van der Waals surface area contributed by atoms with Gasteiger partial charge >= 0.3 is 0 Å². The van der Waals surface area contributed by atoms with Crippen molar-refractivity contribution in [3.8, 4) is 0 Å². The number of nitrogens with one attached hydrogen (secondary N) is 1. The molecule has 90 valence electrons. The van der Waals surface area contributed by atoms with E-state index in [0.717, 1.165) is 23.2 Å². The first-order chi connectivity index (χ1) is 8.29. The molecule has 3 heteroatoms. The molecule has 0 bridgehead atoms. The quantitative estimate of drug-likeness (QED) is 0.871. The molecular formula is C14H17BrN2. The zero-order chi connectivity index (χ0) is 12.1. The van der Waals surface area contributed by atoms with Crippen LogP contribution in [0, 0.1) is 0 Å². The van der Waals surface area contributed by atoms with Gasteiger partial charge in [0.2, 0.25) is 0 Å². The Hall–Kier alpha value is -1.22. The van der Waals surface area contributed by atoms with Gasteiger partial charge in [-0.2, -0.15) is 0 Å². The van der Waals surface area contributed by atoms with E-state index in [1.165, 1.54) is 12.1 Å². The number of aromatic nitrogens is 1. The number of nitrogens with zero attached hydrogens (tertiary/aromatic N) is 1. The highest BCUT2D eigenvalue weighted by atomic mass is 79.9. The molecule has 0 amide bonds. The minimum atomic E-state index is 0.870. The van der Waals surface area contributed by atoms with Gasteiger partial charge in [-0.3, -0.25) is 0 Å². The van der Waals surface area contributed by atoms with Crippen LogP contribution in [0.4, 0.5) is 5.69 Å². The van der Waals surface area contributed by atoms with Crippen LogP contribution in [0.25, 0.3) is 0 Å². The standard InChI is InChI=1S/C14H17BrN2/c1-2-9-17-10-3-4-14(17)11-16-13-7-5-12(15)6-8-13/h3-8,10,16H,2,9,11H2,1H3. The molecule has 0 unspecified atom stereocenters. The van der Waals surface area contributed by atoms with Gasteiger partial charge in [-0.25, -0.2) is 0 Å². The van der Waals surface area contributed by atoms with Crippen molar-refractivity contribution in [3.63, 3.8) is 0 Å². The van der Waals surface area contributed by atoms with Crippen LogP contribution >= 0.6 is 15.9 Å². The Morgan fingerprint density at radius 3 is 2.65 bits per heavy atom. The van der Waals surface area contributed by atoms with Crippen LogP contribution in [0.3, 0.4) is 0 Å². The van der Waals surface area contributed by atoms with Crippen molar-refractivity contribution in [3.05, 3.63) is 52.8 Å². The molecular weight excluding hydrogens is 276 g/mol. The zero-order valence-corrected chi connectivity index (χ0v) is 11.6. The second kappa shape index (κ2) is 5.92. The highest BCUT2D eigenvalue weighted by Crippen LogP contribution is 2.15. The first-order valence-corrected chi connectivity index (χ1v) is 6.72. The van der Waals surface area contributed by atoms with E-state index in [-0.39, 0.29) is 0 Å². The number of hydrogen-bond acceptors (Lipinski definition) is 1. The van der Waals surface area contributed by atoms with Gasteiger partial charge in [-0.1, -0.05) is 22.9 Å². The summed E-state index contributed by atoms with van der Waals surface area (Å²) in [5, 5.41) is 3.43. The van der Waals surface area contributed by atoms with Crippen LogP contribution in [-0.4, -0.2) is 4.57 Å². The van der Waals surface area contributed by atoms with Gasteiger partial charge in [0.25, 0.3) is 0 Å². The van der Waals surface area contributed by atoms with E-state index in [4.69, 9.17) is 0 Å². The Kier molecular flexibility index (Phi) is 4.26. The van der Waals surface area contributed by atoms with Crippen LogP contribution in [0.5, 0.6) is 0 Å². The summed E-state index contributed by atoms with van der Waals surface area (Å²) in [4.78, 5) is 0. The van der Waals surface area contributed by atoms with Gasteiger partial charge in [-0.05, 0) is 42.8 Å². The topological polar surface area (TPSA) is 17.0 Å². The summed E-state index contributed by atoms with van der Waals surface area (Å²) in [5.74, 6) is 0. The predicted molar refractivity (Wildman–Crippen MR) is 76.2 cm³/mol. The summed E-state index contributed by atoms with van der Waals surface area (Å²) in [7, 11) is 0. The highest BCUT2D eigenvalue weighted by Gasteiger charge is 1.99. The maximum atomic E-state index is 3.44. The van der Waals surface area contributed by atoms with Crippen LogP contribution in [0.2, 0.25) is 0 Å². The van der Waals surface area contributed by atoms with Crippen LogP contribution in [0.1, 0.15) is 19.0 Å². The summed E-state index contributed by atoms with van der Waals surface area (Å²) in [6.07, 6.45) is 3.31. The number of halogens is 1. The molecule has 0 aliphatic heterocycles. The van der Waals surface area contributed by atoms with Gasteiger partial charge < -0.3 is 9.88 Å². The maximum Gasteiger partial charge on any atom is 0.0553 e. The van der Waals surface area contributed by atoms with Crippen molar-refractivity contribution in [2.24, 2.45) is 0 Å². The van der Waals surface area contributed by atoms with E-state index in [1.54, 1.807) is 0 Å². The fourth-order valence-corrected chi connectivity index (χ4v) is 2.09. The second-order valence-electron chi connectivity index (χ2n) is 4.05. The fourth-order valence-electron chi connectivity index (χ4n) is 1.83. The maximum absolute atomic E-state index is 3.44. The van der Waals surface area contributed by atoms with Crippen molar-refractivity contribution in [2.75, 3.05) is 5.32 Å². The SMILES string of the molecule is CCCn1cccc1CNc1ccc(Br)cc1. The summed E-state index contributed by atoms with van der Waals surface area (Å²) in [6.45, 7) is 4.16. The Morgan fingerprint density at radius 2 is 1.94 bits per heavy atom. The molecule has 0 radical (unpaired) electrons. The van der Waals surface area contributed by atoms with E-state index in [9.17, 15) is 0 Å². The monoisotopic (exact) mass is 292 g/mol. The first-order valence-electron chi connectivity index (χ1n) is 5.93. The van der Waals surface area contributed by atoms with E-state index >= 15 is 0 Å². The summed E-state index contributed by atoms with van der Waals surface area (Å²) < 4.78 is 3.41. The third-order valence-electron chi connectivity index (χ3n) is 2.71. The lowest BCUT2D eigenvalue weighted by atomic mass is 10.3. The van der Waals surface area contributed by atoms with Crippen molar-refractivity contribution >= 4 is 21.6 Å². The lowest BCUT2D eigenvalue weighted by Gasteiger charge is -2.10. The third kappa shape index (κ3) is 3.37. The average molecular weight is 293 g/mol. The van der Waals surface area contributed by atoms with Crippen molar-refractivity contribution in [1.29, 1.82) is 0 Å². The van der Waals surface area contributed by atoms with Crippen molar-refractivity contribution in [2.45, 2.75) is 26.4 Å². The van der Waals surface area contributed by atoms with E-state index < -0.39 is 0 Å². The number of benzene rings is 1. The summed E-state index contributed by atoms with van der Waals surface area (Å²) in [5.41, 5.74) is 2.48. The van der Waals surface area contributed by atoms with Gasteiger partial charge in [0.1, 0.15) is 0 Å². The van der Waals surface area contributed by atoms with Gasteiger partial charge in [-0.15, -0.1) is 0 Å². The molecule has 2 nitrogen and oxygen atoms in total. The zero-order valence-electron chi connectivity index (χ0n) is 9.99. The molecule has 0 aliphatic rings. The molecule has 1 aromatic heterocycles. The molecule has 2 rings (SSSR count). The van der Waals surface area contributed by atoms with Crippen molar-refractivity contribution < 1.29 is 0 Å². The summed E-state index contributed by atoms with van der Waals surface area (Å²) in [6, 6.07) is 12.5. The molecule has 0 atom stereocenters. The van der Waals surface area contributed by atoms with E-state index in [1.807, 2.05) is 12.1 Å². The number of anilines is 1. The largest absolute Gasteiger partial charge is 0.379 e. The molecule has 1 heterocycles. The highest BCUT2D eigenvalue weighted by molar-refractivity contribution is 9.10. The van der Waals surface area contributed by atoms with E-state index in [0.29, 0.717) is 0 Å². The molecule has 0 spiro atoms. The first kappa shape index (κ1) is 12.2. The predicted octanol–water partition coefficient (Wildman–Crippen LogP) is 4.27. The normalized spacial score (nSPS) is 10.5. The Bertz CT molecular complexity index is 459. The Labute approximate surface area is 111 Å². The van der Waals surface area contributed by atoms with E-state index in [2.05, 4.69) is 63.2 Å². The third-order valence-corrected chi connectivity index (χ3v) is 3.23. The van der Waals surface area contributed by atoms with Crippen LogP contribution in [-0.2, 0) is 13.1 Å². The van der Waals surface area contributed by atoms with Gasteiger partial charge in [0, 0.05) is 28.6 Å². The molecule has 2 aromatic rings. The Morgan fingerprint density at radius 1 is 1.18 bits per heavy atom. The lowest BCUT2D eigenvalue weighted by molar-refractivity contribution is 0.654. The molecule has 0 saturated carbocycles. The molecule has 0 aliphatic carbocycles. The molecule has 1 aromatic carbocycles. The average Bonchev–Trinajstić information content (AvgIpc) is 2.77. The minimum Gasteiger partial charge on any atom is -0.379 e. The second-order valence-corrected chi connectivity index (χ2v) is 4.97. The minimum absolute atomic E-state index is 0.870. The molecule has 1 N–H and O–H groups in total. The van der Waals surface area contributed by atoms with Gasteiger partial charge in [0.05, 0.1) is 6.54 Å². The van der Waals surface area contributed by atoms with Crippen LogP contribution in [0.15, 0.2) is 47.1 Å². The molecule has 17 heavy (non-hydrogen) atoms. The summed E-state index contributed by atoms with van der Waals surface area (Å²) >= 11 is 3.44.